The number of carbonyl (C=O) groups is 5. The smallest absolute Gasteiger partial charge is 0.243 e. The topological polar surface area (TPSA) is 247 Å². The molecule has 0 spiro atoms. The molecule has 2 aliphatic rings. The highest BCUT2D eigenvalue weighted by atomic mass is 16.5. The molecule has 4 amide bonds. The summed E-state index contributed by atoms with van der Waals surface area (Å²) in [5.74, 6) is 5.94. The number of ether oxygens (including phenoxy) is 5. The quantitative estimate of drug-likeness (QED) is 0.0233. The van der Waals surface area contributed by atoms with Gasteiger partial charge >= 0.3 is 0 Å². The molecule has 0 heterocycles. The number of hydrogen-bond acceptors (Lipinski definition) is 14. The number of allylic oxidation sites excluding steroid dienone is 2. The Morgan fingerprint density at radius 3 is 2.10 bits per heavy atom. The molecule has 9 N–H and O–H groups in total. The van der Waals surface area contributed by atoms with Gasteiger partial charge in [0.15, 0.2) is 0 Å². The highest BCUT2D eigenvalue weighted by molar-refractivity contribution is 6.55. The number of anilines is 1. The molecule has 2 aliphatic carbocycles. The van der Waals surface area contributed by atoms with E-state index in [-0.39, 0.29) is 31.4 Å². The van der Waals surface area contributed by atoms with Crippen molar-refractivity contribution in [2.75, 3.05) is 79.3 Å². The number of likely N-dealkylation sites (N-methyl/N-ethyl adjacent to an activating group) is 1. The molecule has 63 heavy (non-hydrogen) atoms. The van der Waals surface area contributed by atoms with Gasteiger partial charge in [-0.15, -0.1) is 0 Å². The van der Waals surface area contributed by atoms with Crippen LogP contribution in [-0.4, -0.2) is 134 Å². The van der Waals surface area contributed by atoms with E-state index in [2.05, 4.69) is 45.2 Å². The molecule has 0 bridgehead atoms. The molecular formula is C44H77BN8O10. The molecule has 0 aliphatic heterocycles. The summed E-state index contributed by atoms with van der Waals surface area (Å²) in [5, 5.41) is 15.4. The summed E-state index contributed by atoms with van der Waals surface area (Å²) in [6.45, 7) is 15.4. The van der Waals surface area contributed by atoms with Crippen molar-refractivity contribution in [3.63, 3.8) is 0 Å². The summed E-state index contributed by atoms with van der Waals surface area (Å²) in [7, 11) is 10.1. The normalized spacial score (nSPS) is 17.4. The summed E-state index contributed by atoms with van der Waals surface area (Å²) in [6.07, 6.45) is 6.67. The van der Waals surface area contributed by atoms with Gasteiger partial charge in [0.1, 0.15) is 12.6 Å². The molecule has 3 rings (SSSR count). The molecule has 1 fully saturated rings. The molecule has 356 valence electrons. The maximum absolute atomic E-state index is 13.0. The fraction of sp³-hybridized carbons (Fsp3) is 0.705. The van der Waals surface area contributed by atoms with Gasteiger partial charge in [-0.25, -0.2) is 5.84 Å². The summed E-state index contributed by atoms with van der Waals surface area (Å²) in [4.78, 5) is 59.0. The lowest BCUT2D eigenvalue weighted by Crippen LogP contribution is -2.52. The summed E-state index contributed by atoms with van der Waals surface area (Å²) < 4.78 is 25.5. The number of methoxy groups -OCH3 is 1. The van der Waals surface area contributed by atoms with Crippen LogP contribution in [0.1, 0.15) is 92.1 Å². The van der Waals surface area contributed by atoms with Gasteiger partial charge in [0, 0.05) is 51.0 Å². The van der Waals surface area contributed by atoms with Crippen LogP contribution in [0.15, 0.2) is 35.7 Å². The zero-order valence-corrected chi connectivity index (χ0v) is 39.3. The minimum Gasteiger partial charge on any atom is -0.470 e. The van der Waals surface area contributed by atoms with Crippen molar-refractivity contribution in [2.45, 2.75) is 110 Å². The third-order valence-corrected chi connectivity index (χ3v) is 10.4. The van der Waals surface area contributed by atoms with Crippen molar-refractivity contribution < 1.29 is 47.7 Å². The Bertz CT molecular complexity index is 1550. The largest absolute Gasteiger partial charge is 0.470 e. The molecule has 1 aromatic carbocycles. The summed E-state index contributed by atoms with van der Waals surface area (Å²) in [6, 6.07) is 5.79. The highest BCUT2D eigenvalue weighted by Crippen LogP contribution is 2.48. The Kier molecular flexibility index (Phi) is 27.7. The van der Waals surface area contributed by atoms with Crippen molar-refractivity contribution in [1.29, 1.82) is 0 Å². The number of amides is 4. The number of nitrogens with two attached hydrogens (primary N) is 2. The fourth-order valence-corrected chi connectivity index (χ4v) is 6.53. The first kappa shape index (κ1) is 56.8. The lowest BCUT2D eigenvalue weighted by Gasteiger charge is -2.40. The molecule has 0 saturated heterocycles. The number of rotatable bonds is 26. The SMILES string of the molecule is CNCCOCCOCCNC=O.COC.[B]C(=O)OCc1ccc(NC(=O)CNC(=O)C(NC(=O)CC(C)(C)OCCC(C)(C)N(N)/C2=C(\N)CCC3CC3CC2)C(C)C)cc1. The van der Waals surface area contributed by atoms with E-state index in [1.165, 1.54) is 6.42 Å². The van der Waals surface area contributed by atoms with Gasteiger partial charge in [-0.1, -0.05) is 26.0 Å². The van der Waals surface area contributed by atoms with Crippen LogP contribution in [0.2, 0.25) is 0 Å². The van der Waals surface area contributed by atoms with Crippen LogP contribution in [0.5, 0.6) is 0 Å². The molecule has 1 saturated carbocycles. The van der Waals surface area contributed by atoms with Gasteiger partial charge < -0.3 is 61.0 Å². The second kappa shape index (κ2) is 30.8. The van der Waals surface area contributed by atoms with Crippen LogP contribution >= 0.6 is 0 Å². The average molecular weight is 889 g/mol. The van der Waals surface area contributed by atoms with E-state index in [1.807, 2.05) is 39.8 Å². The average Bonchev–Trinajstić information content (AvgIpc) is 3.96. The molecule has 18 nitrogen and oxygen atoms in total. The number of carbonyl (C=O) groups excluding carboxylic acids is 5. The maximum Gasteiger partial charge on any atom is 0.243 e. The van der Waals surface area contributed by atoms with Gasteiger partial charge in [-0.2, -0.15) is 0 Å². The number of hydrogen-bond donors (Lipinski definition) is 7. The Morgan fingerprint density at radius 2 is 1.52 bits per heavy atom. The second-order valence-electron chi connectivity index (χ2n) is 17.2. The van der Waals surface area contributed by atoms with Crippen LogP contribution in [-0.2, 0) is 49.5 Å². The minimum absolute atomic E-state index is 0.0194. The van der Waals surface area contributed by atoms with Gasteiger partial charge in [0.05, 0.1) is 50.5 Å². The zero-order valence-electron chi connectivity index (χ0n) is 39.3. The molecular weight excluding hydrogens is 811 g/mol. The van der Waals surface area contributed by atoms with Gasteiger partial charge in [0.2, 0.25) is 37.8 Å². The number of fused-ring (bicyclic) bond motifs is 1. The number of nitrogens with zero attached hydrogens (tertiary/aromatic N) is 1. The first-order valence-corrected chi connectivity index (χ1v) is 21.7. The van der Waals surface area contributed by atoms with Crippen molar-refractivity contribution in [2.24, 2.45) is 29.3 Å². The van der Waals surface area contributed by atoms with Gasteiger partial charge in [-0.05, 0) is 109 Å². The molecule has 3 unspecified atom stereocenters. The van der Waals surface area contributed by atoms with Crippen molar-refractivity contribution in [1.82, 2.24) is 26.3 Å². The fourth-order valence-electron chi connectivity index (χ4n) is 6.53. The van der Waals surface area contributed by atoms with Crippen LogP contribution in [0.25, 0.3) is 0 Å². The molecule has 1 aromatic rings. The highest BCUT2D eigenvalue weighted by Gasteiger charge is 2.39. The first-order chi connectivity index (χ1) is 29.8. The van der Waals surface area contributed by atoms with Gasteiger partial charge in [0.25, 0.3) is 0 Å². The van der Waals surface area contributed by atoms with E-state index in [0.29, 0.717) is 63.7 Å². The van der Waals surface area contributed by atoms with E-state index >= 15 is 0 Å². The Hall–Kier alpha value is -4.27. The predicted molar refractivity (Wildman–Crippen MR) is 244 cm³/mol. The number of nitrogens with one attached hydrogen (secondary N) is 5. The van der Waals surface area contributed by atoms with Crippen LogP contribution in [0.4, 0.5) is 10.5 Å². The maximum atomic E-state index is 13.0. The minimum atomic E-state index is -0.874. The lowest BCUT2D eigenvalue weighted by molar-refractivity contribution is -0.134. The third-order valence-electron chi connectivity index (χ3n) is 10.4. The van der Waals surface area contributed by atoms with Crippen molar-refractivity contribution in [3.05, 3.63) is 41.2 Å². The summed E-state index contributed by atoms with van der Waals surface area (Å²) in [5.41, 5.74) is 8.38. The zero-order chi connectivity index (χ0) is 47.4. The first-order valence-electron chi connectivity index (χ1n) is 21.7. The Balaban J connectivity index is 0.00000105. The predicted octanol–water partition coefficient (Wildman–Crippen LogP) is 2.84. The van der Waals surface area contributed by atoms with Crippen molar-refractivity contribution >= 4 is 43.5 Å². The number of hydrazine groups is 1. The molecule has 3 atom stereocenters. The molecule has 19 heteroatoms. The van der Waals surface area contributed by atoms with E-state index in [4.69, 9.17) is 38.4 Å². The molecule has 0 aromatic heterocycles. The van der Waals surface area contributed by atoms with E-state index in [0.717, 1.165) is 55.5 Å². The monoisotopic (exact) mass is 889 g/mol. The number of benzene rings is 1. The van der Waals surface area contributed by atoms with Crippen LogP contribution < -0.4 is 38.2 Å². The lowest BCUT2D eigenvalue weighted by atomic mass is 9.95. The van der Waals surface area contributed by atoms with Crippen LogP contribution in [0, 0.1) is 17.8 Å². The van der Waals surface area contributed by atoms with E-state index in [1.54, 1.807) is 38.5 Å². The Labute approximate surface area is 376 Å². The Morgan fingerprint density at radius 1 is 0.921 bits per heavy atom. The van der Waals surface area contributed by atoms with Crippen LogP contribution in [0.3, 0.4) is 0 Å². The molecule has 2 radical (unpaired) electrons. The standard InChI is InChI=1S/C34H53BN6O6.C8H18N2O3.C2H6O/c1-21(2)30(31(44)38-19-29(43)39-25-11-7-22(8-12-25)20-46-32(35)45)40-28(42)18-34(5,6)47-16-15-33(3,4)41(37)27-14-10-24-17-23(24)9-13-26(27)36;1-9-2-4-12-6-7-13-5-3-10-8-11;1-3-2/h7-8,11-12,21,23-24,30H,9-10,13-20,36-37H2,1-6H3,(H,38,44)(H,39,43)(H,40,42);8-9H,2-7H2,1H3,(H,10,11);1-2H3/b27-26-;;. The third kappa shape index (κ3) is 25.0. The second-order valence-corrected chi connectivity index (χ2v) is 17.2. The summed E-state index contributed by atoms with van der Waals surface area (Å²) >= 11 is 0. The van der Waals surface area contributed by atoms with E-state index in [9.17, 15) is 24.0 Å². The van der Waals surface area contributed by atoms with Gasteiger partial charge in [-0.3, -0.25) is 24.0 Å². The van der Waals surface area contributed by atoms with E-state index < -0.39 is 34.9 Å². The van der Waals surface area contributed by atoms with Crippen molar-refractivity contribution in [3.8, 4) is 0 Å².